The van der Waals surface area contributed by atoms with E-state index in [-0.39, 0.29) is 6.10 Å². The van der Waals surface area contributed by atoms with E-state index in [1.807, 2.05) is 68.5 Å². The van der Waals surface area contributed by atoms with Crippen LogP contribution in [0, 0.1) is 0 Å². The van der Waals surface area contributed by atoms with Gasteiger partial charge < -0.3 is 18.9 Å². The molecule has 2 heterocycles. The van der Waals surface area contributed by atoms with Crippen molar-refractivity contribution in [2.75, 3.05) is 19.8 Å². The summed E-state index contributed by atoms with van der Waals surface area (Å²) in [7, 11) is 0. The summed E-state index contributed by atoms with van der Waals surface area (Å²) in [5.74, 6) is 0.347. The number of ether oxygens (including phenoxy) is 4. The molecular formula is C24H26ClN3O4. The summed E-state index contributed by atoms with van der Waals surface area (Å²) in [6.45, 7) is 5.61. The van der Waals surface area contributed by atoms with E-state index in [0.29, 0.717) is 42.9 Å². The normalized spacial score (nSPS) is 20.2. The molecule has 4 rings (SSSR count). The van der Waals surface area contributed by atoms with E-state index < -0.39 is 5.79 Å². The molecule has 2 aromatic carbocycles. The minimum atomic E-state index is -1.01. The highest BCUT2D eigenvalue weighted by Crippen LogP contribution is 2.37. The number of hydrogen-bond acceptors (Lipinski definition) is 6. The molecule has 0 amide bonds. The number of allylic oxidation sites excluding steroid dienone is 1. The minimum Gasteiger partial charge on any atom is -0.487 e. The Morgan fingerprint density at radius 2 is 1.91 bits per heavy atom. The van der Waals surface area contributed by atoms with Crippen molar-refractivity contribution in [1.82, 2.24) is 14.8 Å². The first kappa shape index (κ1) is 22.3. The lowest BCUT2D eigenvalue weighted by Crippen LogP contribution is -2.34. The van der Waals surface area contributed by atoms with Crippen LogP contribution < -0.4 is 9.47 Å². The van der Waals surface area contributed by atoms with Gasteiger partial charge >= 0.3 is 0 Å². The molecule has 1 aliphatic heterocycles. The van der Waals surface area contributed by atoms with E-state index >= 15 is 0 Å². The van der Waals surface area contributed by atoms with Gasteiger partial charge in [0.05, 0.1) is 6.61 Å². The first-order chi connectivity index (χ1) is 15.5. The second kappa shape index (κ2) is 10.2. The van der Waals surface area contributed by atoms with E-state index in [1.165, 1.54) is 11.9 Å². The second-order valence-corrected chi connectivity index (χ2v) is 8.19. The Kier molecular flexibility index (Phi) is 7.09. The van der Waals surface area contributed by atoms with Gasteiger partial charge in [-0.05, 0) is 44.2 Å². The highest BCUT2D eigenvalue weighted by Gasteiger charge is 2.44. The SMILES string of the molecule is CC(C)=CCOc1ccccc1OCC1COC(Cn2cncn2)(c2ccc(Cl)cc2)O1. The van der Waals surface area contributed by atoms with E-state index in [9.17, 15) is 0 Å². The molecule has 1 fully saturated rings. The summed E-state index contributed by atoms with van der Waals surface area (Å²) in [6, 6.07) is 15.0. The maximum Gasteiger partial charge on any atom is 0.215 e. The van der Waals surface area contributed by atoms with Crippen molar-refractivity contribution in [2.45, 2.75) is 32.3 Å². The highest BCUT2D eigenvalue weighted by atomic mass is 35.5. The number of para-hydroxylation sites is 2. The Bertz CT molecular complexity index is 1040. The number of aromatic nitrogens is 3. The summed E-state index contributed by atoms with van der Waals surface area (Å²) in [5, 5.41) is 4.85. The van der Waals surface area contributed by atoms with Crippen LogP contribution in [0.5, 0.6) is 11.5 Å². The Balaban J connectivity index is 1.45. The van der Waals surface area contributed by atoms with Gasteiger partial charge in [-0.15, -0.1) is 0 Å². The number of hydrogen-bond donors (Lipinski definition) is 0. The molecule has 0 spiro atoms. The molecule has 2 atom stereocenters. The van der Waals surface area contributed by atoms with Gasteiger partial charge in [0.25, 0.3) is 0 Å². The third kappa shape index (κ3) is 5.48. The molecule has 0 N–H and O–H groups in total. The van der Waals surface area contributed by atoms with Gasteiger partial charge in [0, 0.05) is 10.6 Å². The topological polar surface area (TPSA) is 67.6 Å². The van der Waals surface area contributed by atoms with Crippen LogP contribution in [0.1, 0.15) is 19.4 Å². The van der Waals surface area contributed by atoms with Crippen LogP contribution in [-0.4, -0.2) is 40.7 Å². The van der Waals surface area contributed by atoms with E-state index in [4.69, 9.17) is 30.5 Å². The number of benzene rings is 2. The fourth-order valence-electron chi connectivity index (χ4n) is 3.37. The molecule has 0 radical (unpaired) electrons. The molecule has 0 aliphatic carbocycles. The summed E-state index contributed by atoms with van der Waals surface area (Å²) < 4.78 is 26.2. The molecule has 0 bridgehead atoms. The highest BCUT2D eigenvalue weighted by molar-refractivity contribution is 6.30. The Hall–Kier alpha value is -2.87. The Morgan fingerprint density at radius 3 is 2.59 bits per heavy atom. The summed E-state index contributed by atoms with van der Waals surface area (Å²) >= 11 is 6.08. The lowest BCUT2D eigenvalue weighted by Gasteiger charge is -2.28. The Labute approximate surface area is 192 Å². The molecule has 7 nitrogen and oxygen atoms in total. The predicted molar refractivity (Wildman–Crippen MR) is 121 cm³/mol. The molecule has 168 valence electrons. The van der Waals surface area contributed by atoms with E-state index in [2.05, 4.69) is 10.1 Å². The Morgan fingerprint density at radius 1 is 1.16 bits per heavy atom. The van der Waals surface area contributed by atoms with Crippen LogP contribution in [0.2, 0.25) is 5.02 Å². The van der Waals surface area contributed by atoms with Gasteiger partial charge in [0.1, 0.15) is 38.5 Å². The van der Waals surface area contributed by atoms with Crippen LogP contribution in [0.15, 0.2) is 72.8 Å². The van der Waals surface area contributed by atoms with Crippen LogP contribution in [0.4, 0.5) is 0 Å². The molecular weight excluding hydrogens is 430 g/mol. The summed E-state index contributed by atoms with van der Waals surface area (Å²) in [5.41, 5.74) is 2.05. The minimum absolute atomic E-state index is 0.278. The third-order valence-electron chi connectivity index (χ3n) is 4.98. The van der Waals surface area contributed by atoms with Gasteiger partial charge in [0.15, 0.2) is 11.5 Å². The van der Waals surface area contributed by atoms with Crippen molar-refractivity contribution >= 4 is 11.6 Å². The molecule has 1 aliphatic rings. The average Bonchev–Trinajstić information content (AvgIpc) is 3.44. The lowest BCUT2D eigenvalue weighted by atomic mass is 10.1. The van der Waals surface area contributed by atoms with Crippen molar-refractivity contribution in [3.8, 4) is 11.5 Å². The van der Waals surface area contributed by atoms with Crippen molar-refractivity contribution in [2.24, 2.45) is 0 Å². The predicted octanol–water partition coefficient (Wildman–Crippen LogP) is 4.62. The van der Waals surface area contributed by atoms with Crippen molar-refractivity contribution in [3.63, 3.8) is 0 Å². The van der Waals surface area contributed by atoms with Crippen LogP contribution in [0.25, 0.3) is 0 Å². The average molecular weight is 456 g/mol. The third-order valence-corrected chi connectivity index (χ3v) is 5.24. The standard InChI is InChI=1S/C24H26ClN3O4/c1-18(2)11-12-29-22-5-3-4-6-23(22)30-13-21-14-31-24(32-21,15-28-17-26-16-27-28)19-7-9-20(25)10-8-19/h3-11,16-17,21H,12-15H2,1-2H3. The van der Waals surface area contributed by atoms with Gasteiger partial charge in [-0.25, -0.2) is 9.67 Å². The first-order valence-electron chi connectivity index (χ1n) is 10.4. The molecule has 32 heavy (non-hydrogen) atoms. The molecule has 1 saturated heterocycles. The zero-order valence-electron chi connectivity index (χ0n) is 18.1. The van der Waals surface area contributed by atoms with Crippen LogP contribution in [0.3, 0.4) is 0 Å². The largest absolute Gasteiger partial charge is 0.487 e. The van der Waals surface area contributed by atoms with Crippen LogP contribution in [-0.2, 0) is 21.8 Å². The van der Waals surface area contributed by atoms with Crippen LogP contribution >= 0.6 is 11.6 Å². The molecule has 2 unspecified atom stereocenters. The molecule has 0 saturated carbocycles. The lowest BCUT2D eigenvalue weighted by molar-refractivity contribution is -0.190. The number of nitrogens with zero attached hydrogens (tertiary/aromatic N) is 3. The van der Waals surface area contributed by atoms with Gasteiger partial charge in [-0.1, -0.05) is 41.4 Å². The summed E-state index contributed by atoms with van der Waals surface area (Å²) in [4.78, 5) is 4.02. The number of rotatable bonds is 9. The molecule has 3 aromatic rings. The van der Waals surface area contributed by atoms with Crippen molar-refractivity contribution in [1.29, 1.82) is 0 Å². The fraction of sp³-hybridized carbons (Fsp3) is 0.333. The summed E-state index contributed by atoms with van der Waals surface area (Å²) in [6.07, 6.45) is 4.86. The van der Waals surface area contributed by atoms with E-state index in [0.717, 1.165) is 5.56 Å². The van der Waals surface area contributed by atoms with Gasteiger partial charge in [0.2, 0.25) is 5.79 Å². The second-order valence-electron chi connectivity index (χ2n) is 7.75. The number of halogens is 1. The monoisotopic (exact) mass is 455 g/mol. The van der Waals surface area contributed by atoms with Crippen molar-refractivity contribution < 1.29 is 18.9 Å². The quantitative estimate of drug-likeness (QED) is 0.438. The molecule has 1 aromatic heterocycles. The fourth-order valence-corrected chi connectivity index (χ4v) is 3.50. The smallest absolute Gasteiger partial charge is 0.215 e. The zero-order valence-corrected chi connectivity index (χ0v) is 18.9. The molecule has 8 heteroatoms. The maximum atomic E-state index is 6.39. The van der Waals surface area contributed by atoms with E-state index in [1.54, 1.807) is 11.0 Å². The van der Waals surface area contributed by atoms with Crippen molar-refractivity contribution in [3.05, 3.63) is 83.4 Å². The maximum absolute atomic E-state index is 6.39. The first-order valence-corrected chi connectivity index (χ1v) is 10.8. The van der Waals surface area contributed by atoms with Gasteiger partial charge in [-0.3, -0.25) is 0 Å². The van der Waals surface area contributed by atoms with Gasteiger partial charge in [-0.2, -0.15) is 5.10 Å². The zero-order chi connectivity index (χ0) is 22.4.